The molecule has 1 aromatic carbocycles. The molecule has 1 rings (SSSR count). The Bertz CT molecular complexity index is 506. The van der Waals surface area contributed by atoms with Crippen molar-refractivity contribution in [2.45, 2.75) is 42.9 Å². The number of hydrogen-bond acceptors (Lipinski definition) is 5. The number of carbonyl (C=O) groups is 1. The zero-order chi connectivity index (χ0) is 16.0. The minimum atomic E-state index is -0.970. The van der Waals surface area contributed by atoms with Crippen LogP contribution in [0.25, 0.3) is 0 Å². The molecule has 0 saturated heterocycles. The monoisotopic (exact) mass is 312 g/mol. The first kappa shape index (κ1) is 17.5. The van der Waals surface area contributed by atoms with Gasteiger partial charge in [0.25, 0.3) is 5.69 Å². The summed E-state index contributed by atoms with van der Waals surface area (Å²) in [5.74, 6) is -0.875. The second-order valence-corrected chi connectivity index (χ2v) is 6.56. The van der Waals surface area contributed by atoms with Gasteiger partial charge in [-0.3, -0.25) is 14.9 Å². The van der Waals surface area contributed by atoms with E-state index in [-0.39, 0.29) is 10.9 Å². The number of benzene rings is 1. The number of nitrogens with one attached hydrogen (secondary N) is 1. The van der Waals surface area contributed by atoms with Crippen LogP contribution >= 0.6 is 11.8 Å². The molecule has 0 saturated carbocycles. The van der Waals surface area contributed by atoms with Crippen LogP contribution < -0.4 is 5.32 Å². The van der Waals surface area contributed by atoms with Crippen molar-refractivity contribution in [3.05, 3.63) is 34.4 Å². The average Bonchev–Trinajstić information content (AvgIpc) is 2.39. The molecular formula is C14H20N2O4S. The Morgan fingerprint density at radius 3 is 2.48 bits per heavy atom. The summed E-state index contributed by atoms with van der Waals surface area (Å²) in [4.78, 5) is 22.4. The van der Waals surface area contributed by atoms with Gasteiger partial charge in [-0.25, -0.2) is 0 Å². The number of hydrogen-bond donors (Lipinski definition) is 2. The highest BCUT2D eigenvalue weighted by molar-refractivity contribution is 7.99. The quantitative estimate of drug-likeness (QED) is 0.435. The Kier molecular flexibility index (Phi) is 6.17. The van der Waals surface area contributed by atoms with Gasteiger partial charge in [-0.15, -0.1) is 11.8 Å². The number of rotatable bonds is 8. The Hall–Kier alpha value is -1.60. The molecule has 116 valence electrons. The Morgan fingerprint density at radius 2 is 2.05 bits per heavy atom. The van der Waals surface area contributed by atoms with E-state index in [2.05, 4.69) is 5.32 Å². The van der Waals surface area contributed by atoms with Crippen molar-refractivity contribution in [1.82, 2.24) is 5.32 Å². The fourth-order valence-electron chi connectivity index (χ4n) is 2.12. The van der Waals surface area contributed by atoms with Gasteiger partial charge in [-0.1, -0.05) is 13.8 Å². The van der Waals surface area contributed by atoms with Crippen LogP contribution in [0.3, 0.4) is 0 Å². The molecule has 2 N–H and O–H groups in total. The smallest absolute Gasteiger partial charge is 0.323 e. The number of nitro benzene ring substituents is 1. The minimum absolute atomic E-state index is 0.0510. The fraction of sp³-hybridized carbons (Fsp3) is 0.500. The van der Waals surface area contributed by atoms with E-state index in [4.69, 9.17) is 0 Å². The SMILES string of the molecule is CCNC(C)(CC(C)Sc1ccc([N+](=O)[O-])cc1)C(=O)O. The molecule has 0 aliphatic heterocycles. The van der Waals surface area contributed by atoms with Gasteiger partial charge in [-0.05, 0) is 32.0 Å². The second-order valence-electron chi connectivity index (χ2n) is 5.05. The van der Waals surface area contributed by atoms with Crippen molar-refractivity contribution >= 4 is 23.4 Å². The van der Waals surface area contributed by atoms with E-state index in [1.54, 1.807) is 19.1 Å². The molecule has 0 aromatic heterocycles. The predicted octanol–water partition coefficient (Wildman–Crippen LogP) is 2.92. The van der Waals surface area contributed by atoms with E-state index in [1.165, 1.54) is 23.9 Å². The number of aliphatic carboxylic acids is 1. The second kappa shape index (κ2) is 7.42. The highest BCUT2D eigenvalue weighted by Gasteiger charge is 2.33. The van der Waals surface area contributed by atoms with Gasteiger partial charge in [0.2, 0.25) is 0 Å². The van der Waals surface area contributed by atoms with Crippen molar-refractivity contribution in [1.29, 1.82) is 0 Å². The number of nitro groups is 1. The van der Waals surface area contributed by atoms with Crippen LogP contribution in [0.2, 0.25) is 0 Å². The molecule has 2 atom stereocenters. The lowest BCUT2D eigenvalue weighted by Gasteiger charge is -2.28. The third-order valence-electron chi connectivity index (χ3n) is 3.12. The summed E-state index contributed by atoms with van der Waals surface area (Å²) in [6, 6.07) is 6.28. The summed E-state index contributed by atoms with van der Waals surface area (Å²) in [7, 11) is 0. The van der Waals surface area contributed by atoms with Crippen LogP contribution in [0.1, 0.15) is 27.2 Å². The van der Waals surface area contributed by atoms with E-state index < -0.39 is 16.4 Å². The summed E-state index contributed by atoms with van der Waals surface area (Å²) >= 11 is 1.51. The van der Waals surface area contributed by atoms with E-state index in [9.17, 15) is 20.0 Å². The molecule has 6 nitrogen and oxygen atoms in total. The predicted molar refractivity (Wildman–Crippen MR) is 82.7 cm³/mol. The van der Waals surface area contributed by atoms with Crippen molar-refractivity contribution in [2.24, 2.45) is 0 Å². The van der Waals surface area contributed by atoms with E-state index in [1.807, 2.05) is 13.8 Å². The fourth-order valence-corrected chi connectivity index (χ4v) is 3.30. The first-order valence-electron chi connectivity index (χ1n) is 6.68. The van der Waals surface area contributed by atoms with Gasteiger partial charge in [0, 0.05) is 22.3 Å². The molecule has 0 spiro atoms. The summed E-state index contributed by atoms with van der Waals surface area (Å²) in [5.41, 5.74) is -0.919. The van der Waals surface area contributed by atoms with Gasteiger partial charge in [0.1, 0.15) is 5.54 Å². The highest BCUT2D eigenvalue weighted by Crippen LogP contribution is 2.30. The van der Waals surface area contributed by atoms with Gasteiger partial charge < -0.3 is 10.4 Å². The largest absolute Gasteiger partial charge is 0.480 e. The molecule has 0 amide bonds. The molecule has 0 radical (unpaired) electrons. The molecule has 0 heterocycles. The average molecular weight is 312 g/mol. The Balaban J connectivity index is 2.69. The summed E-state index contributed by atoms with van der Waals surface area (Å²) in [6.07, 6.45) is 0.456. The number of nitrogens with zero attached hydrogens (tertiary/aromatic N) is 1. The molecule has 0 bridgehead atoms. The number of carboxylic acid groups (broad SMARTS) is 1. The van der Waals surface area contributed by atoms with E-state index >= 15 is 0 Å². The highest BCUT2D eigenvalue weighted by atomic mass is 32.2. The number of carboxylic acids is 1. The first-order valence-corrected chi connectivity index (χ1v) is 7.56. The lowest BCUT2D eigenvalue weighted by molar-refractivity contribution is -0.384. The lowest BCUT2D eigenvalue weighted by atomic mass is 9.96. The summed E-state index contributed by atoms with van der Waals surface area (Å²) in [5, 5.41) is 23.0. The minimum Gasteiger partial charge on any atom is -0.480 e. The molecular weight excluding hydrogens is 292 g/mol. The molecule has 0 fully saturated rings. The normalized spacial score (nSPS) is 15.2. The van der Waals surface area contributed by atoms with Gasteiger partial charge in [0.05, 0.1) is 4.92 Å². The van der Waals surface area contributed by atoms with Crippen LogP contribution in [0.5, 0.6) is 0 Å². The molecule has 21 heavy (non-hydrogen) atoms. The first-order chi connectivity index (χ1) is 9.78. The molecule has 2 unspecified atom stereocenters. The maximum absolute atomic E-state index is 11.4. The van der Waals surface area contributed by atoms with E-state index in [0.29, 0.717) is 13.0 Å². The third-order valence-corrected chi connectivity index (χ3v) is 4.23. The van der Waals surface area contributed by atoms with Crippen LogP contribution in [-0.2, 0) is 4.79 Å². The van der Waals surface area contributed by atoms with Crippen molar-refractivity contribution in [2.75, 3.05) is 6.54 Å². The number of thioether (sulfide) groups is 1. The third kappa shape index (κ3) is 5.02. The summed E-state index contributed by atoms with van der Waals surface area (Å²) < 4.78 is 0. The molecule has 1 aromatic rings. The van der Waals surface area contributed by atoms with Crippen molar-refractivity contribution in [3.63, 3.8) is 0 Å². The summed E-state index contributed by atoms with van der Waals surface area (Å²) in [6.45, 7) is 6.07. The molecule has 0 aliphatic rings. The van der Waals surface area contributed by atoms with Gasteiger partial charge in [0.15, 0.2) is 0 Å². The van der Waals surface area contributed by atoms with Crippen LogP contribution in [0.4, 0.5) is 5.69 Å². The zero-order valence-corrected chi connectivity index (χ0v) is 13.1. The topological polar surface area (TPSA) is 92.5 Å². The standard InChI is InChI=1S/C14H20N2O4S/c1-4-15-14(3,13(17)18)9-10(2)21-12-7-5-11(6-8-12)16(19)20/h5-8,10,15H,4,9H2,1-3H3,(H,17,18). The lowest BCUT2D eigenvalue weighted by Crippen LogP contribution is -2.50. The number of likely N-dealkylation sites (N-methyl/N-ethyl adjacent to an activating group) is 1. The van der Waals surface area contributed by atoms with Gasteiger partial charge >= 0.3 is 5.97 Å². The molecule has 7 heteroatoms. The maximum atomic E-state index is 11.4. The van der Waals surface area contributed by atoms with Crippen LogP contribution in [0.15, 0.2) is 29.2 Å². The van der Waals surface area contributed by atoms with E-state index in [0.717, 1.165) is 4.90 Å². The zero-order valence-electron chi connectivity index (χ0n) is 12.3. The Labute approximate surface area is 128 Å². The Morgan fingerprint density at radius 1 is 1.48 bits per heavy atom. The van der Waals surface area contributed by atoms with Crippen LogP contribution in [-0.4, -0.2) is 33.3 Å². The number of non-ortho nitro benzene ring substituents is 1. The molecule has 0 aliphatic carbocycles. The van der Waals surface area contributed by atoms with Gasteiger partial charge in [-0.2, -0.15) is 0 Å². The van der Waals surface area contributed by atoms with Crippen LogP contribution in [0, 0.1) is 10.1 Å². The van der Waals surface area contributed by atoms with Crippen molar-refractivity contribution in [3.8, 4) is 0 Å². The maximum Gasteiger partial charge on any atom is 0.323 e. The van der Waals surface area contributed by atoms with Crippen molar-refractivity contribution < 1.29 is 14.8 Å².